The lowest BCUT2D eigenvalue weighted by molar-refractivity contribution is -0.182. The van der Waals surface area contributed by atoms with Gasteiger partial charge in [-0.25, -0.2) is 14.5 Å². The molecular formula is C17H23NO6. The Labute approximate surface area is 141 Å². The van der Waals surface area contributed by atoms with Crippen molar-refractivity contribution in [3.63, 3.8) is 0 Å². The van der Waals surface area contributed by atoms with Crippen LogP contribution in [0.15, 0.2) is 30.3 Å². The minimum atomic E-state index is -1.05. The van der Waals surface area contributed by atoms with Gasteiger partial charge in [0.1, 0.15) is 11.6 Å². The first-order chi connectivity index (χ1) is 11.3. The second-order valence-corrected chi connectivity index (χ2v) is 6.37. The van der Waals surface area contributed by atoms with Crippen LogP contribution < -0.4 is 0 Å². The molecule has 1 fully saturated rings. The number of ether oxygens (including phenoxy) is 4. The number of amides is 1. The van der Waals surface area contributed by atoms with E-state index < -0.39 is 36.2 Å². The van der Waals surface area contributed by atoms with Crippen LogP contribution in [0.4, 0.5) is 4.79 Å². The van der Waals surface area contributed by atoms with Gasteiger partial charge in [0, 0.05) is 7.11 Å². The SMILES string of the molecule is COC(=O)[C@@H]1OC(OC)N(C(=O)OC(C)(C)C)[C@H]1c1ccccc1. The minimum absolute atomic E-state index is 0.586. The number of hydrogen-bond acceptors (Lipinski definition) is 6. The highest BCUT2D eigenvalue weighted by molar-refractivity contribution is 5.79. The largest absolute Gasteiger partial charge is 0.467 e. The number of carbonyl (C=O) groups excluding carboxylic acids is 2. The van der Waals surface area contributed by atoms with E-state index in [1.54, 1.807) is 32.9 Å². The predicted octanol–water partition coefficient (Wildman–Crippen LogP) is 2.47. The van der Waals surface area contributed by atoms with Crippen molar-refractivity contribution in [2.45, 2.75) is 44.9 Å². The van der Waals surface area contributed by atoms with Crippen LogP contribution >= 0.6 is 0 Å². The van der Waals surface area contributed by atoms with Crippen molar-refractivity contribution in [3.05, 3.63) is 35.9 Å². The van der Waals surface area contributed by atoms with Crippen LogP contribution in [-0.2, 0) is 23.7 Å². The molecule has 2 rings (SSSR count). The molecule has 3 atom stereocenters. The highest BCUT2D eigenvalue weighted by Gasteiger charge is 2.51. The topological polar surface area (TPSA) is 74.3 Å². The normalized spacial score (nSPS) is 23.9. The summed E-state index contributed by atoms with van der Waals surface area (Å²) in [5.41, 5.74) is 0.0262. The van der Waals surface area contributed by atoms with Gasteiger partial charge in [-0.3, -0.25) is 0 Å². The van der Waals surface area contributed by atoms with Crippen LogP contribution in [0.25, 0.3) is 0 Å². The van der Waals surface area contributed by atoms with Crippen molar-refractivity contribution in [2.75, 3.05) is 14.2 Å². The molecule has 0 N–H and O–H groups in total. The molecular weight excluding hydrogens is 314 g/mol. The maximum atomic E-state index is 12.7. The number of nitrogens with zero attached hydrogens (tertiary/aromatic N) is 1. The monoisotopic (exact) mass is 337 g/mol. The quantitative estimate of drug-likeness (QED) is 0.789. The highest BCUT2D eigenvalue weighted by atomic mass is 16.7. The zero-order chi connectivity index (χ0) is 17.9. The molecule has 0 spiro atoms. The lowest BCUT2D eigenvalue weighted by Crippen LogP contribution is -2.43. The van der Waals surface area contributed by atoms with Crippen LogP contribution in [0.5, 0.6) is 0 Å². The van der Waals surface area contributed by atoms with Crippen molar-refractivity contribution >= 4 is 12.1 Å². The van der Waals surface area contributed by atoms with E-state index in [4.69, 9.17) is 18.9 Å². The molecule has 1 aromatic carbocycles. The van der Waals surface area contributed by atoms with Crippen molar-refractivity contribution in [2.24, 2.45) is 0 Å². The number of benzene rings is 1. The van der Waals surface area contributed by atoms with Gasteiger partial charge >= 0.3 is 12.1 Å². The van der Waals surface area contributed by atoms with Crippen LogP contribution in [0.3, 0.4) is 0 Å². The van der Waals surface area contributed by atoms with E-state index in [1.807, 2.05) is 18.2 Å². The number of methoxy groups -OCH3 is 2. The summed E-state index contributed by atoms with van der Waals surface area (Å²) in [6.45, 7) is 5.29. The van der Waals surface area contributed by atoms with Gasteiger partial charge in [0.05, 0.1) is 7.11 Å². The first-order valence-electron chi connectivity index (χ1n) is 7.61. The van der Waals surface area contributed by atoms with E-state index in [2.05, 4.69) is 0 Å². The van der Waals surface area contributed by atoms with Crippen molar-refractivity contribution in [1.29, 1.82) is 0 Å². The summed E-state index contributed by atoms with van der Waals surface area (Å²) in [5, 5.41) is 0. The summed E-state index contributed by atoms with van der Waals surface area (Å²) in [7, 11) is 2.66. The molecule has 0 bridgehead atoms. The molecule has 1 aliphatic heterocycles. The van der Waals surface area contributed by atoms with Crippen LogP contribution in [-0.4, -0.2) is 49.3 Å². The second kappa shape index (κ2) is 7.19. The number of carbonyl (C=O) groups is 2. The van der Waals surface area contributed by atoms with Crippen molar-refractivity contribution in [3.8, 4) is 0 Å². The van der Waals surface area contributed by atoms with E-state index in [0.717, 1.165) is 5.56 Å². The Balaban J connectivity index is 2.42. The molecule has 1 unspecified atom stereocenters. The van der Waals surface area contributed by atoms with Gasteiger partial charge in [-0.15, -0.1) is 0 Å². The molecule has 0 saturated carbocycles. The zero-order valence-electron chi connectivity index (χ0n) is 14.5. The second-order valence-electron chi connectivity index (χ2n) is 6.37. The summed E-state index contributed by atoms with van der Waals surface area (Å²) in [6.07, 6.45) is -2.68. The summed E-state index contributed by atoms with van der Waals surface area (Å²) < 4.78 is 21.1. The van der Waals surface area contributed by atoms with Gasteiger partial charge in [0.15, 0.2) is 6.10 Å². The van der Waals surface area contributed by atoms with Crippen LogP contribution in [0.2, 0.25) is 0 Å². The molecule has 0 radical (unpaired) electrons. The molecule has 24 heavy (non-hydrogen) atoms. The molecule has 132 valence electrons. The fraction of sp³-hybridized carbons (Fsp3) is 0.529. The third-order valence-electron chi connectivity index (χ3n) is 3.46. The first kappa shape index (κ1) is 18.2. The molecule has 7 heteroatoms. The number of hydrogen-bond donors (Lipinski definition) is 0. The fourth-order valence-corrected chi connectivity index (χ4v) is 2.51. The minimum Gasteiger partial charge on any atom is -0.467 e. The average Bonchev–Trinajstić information content (AvgIpc) is 2.93. The molecule has 0 aliphatic carbocycles. The summed E-state index contributed by atoms with van der Waals surface area (Å²) in [6, 6.07) is 8.38. The molecule has 0 aromatic heterocycles. The van der Waals surface area contributed by atoms with Crippen molar-refractivity contribution < 1.29 is 28.5 Å². The molecule has 1 heterocycles. The summed E-state index contributed by atoms with van der Waals surface area (Å²) in [5.74, 6) is -0.586. The Kier molecular flexibility index (Phi) is 5.46. The maximum Gasteiger partial charge on any atom is 0.414 e. The van der Waals surface area contributed by atoms with E-state index in [1.165, 1.54) is 19.1 Å². The Bertz CT molecular complexity index is 582. The Morgan fingerprint density at radius 3 is 2.25 bits per heavy atom. The van der Waals surface area contributed by atoms with Gasteiger partial charge in [-0.2, -0.15) is 0 Å². The standard InChI is InChI=1S/C17H23NO6/c1-17(2,3)24-15(20)18-12(11-9-7-6-8-10-11)13(14(19)21-4)23-16(18)22-5/h6-10,12-13,16H,1-5H3/t12-,13+,16?/m0/s1. The Hall–Kier alpha value is -2.12. The van der Waals surface area contributed by atoms with E-state index in [9.17, 15) is 9.59 Å². The van der Waals surface area contributed by atoms with Crippen LogP contribution in [0.1, 0.15) is 32.4 Å². The first-order valence-corrected chi connectivity index (χ1v) is 7.61. The van der Waals surface area contributed by atoms with Gasteiger partial charge in [-0.1, -0.05) is 30.3 Å². The number of rotatable bonds is 3. The number of esters is 1. The molecule has 1 aromatic rings. The van der Waals surface area contributed by atoms with Gasteiger partial charge in [0.2, 0.25) is 6.41 Å². The molecule has 1 aliphatic rings. The van der Waals surface area contributed by atoms with E-state index >= 15 is 0 Å². The van der Waals surface area contributed by atoms with E-state index in [0.29, 0.717) is 0 Å². The molecule has 7 nitrogen and oxygen atoms in total. The fourth-order valence-electron chi connectivity index (χ4n) is 2.51. The lowest BCUT2D eigenvalue weighted by Gasteiger charge is -2.30. The van der Waals surface area contributed by atoms with E-state index in [-0.39, 0.29) is 0 Å². The smallest absolute Gasteiger partial charge is 0.414 e. The molecule has 1 amide bonds. The summed E-state index contributed by atoms with van der Waals surface area (Å²) >= 11 is 0. The molecule has 1 saturated heterocycles. The average molecular weight is 337 g/mol. The summed E-state index contributed by atoms with van der Waals surface area (Å²) in [4.78, 5) is 26.1. The zero-order valence-corrected chi connectivity index (χ0v) is 14.5. The van der Waals surface area contributed by atoms with Crippen LogP contribution in [0, 0.1) is 0 Å². The maximum absolute atomic E-state index is 12.7. The highest BCUT2D eigenvalue weighted by Crippen LogP contribution is 2.37. The Morgan fingerprint density at radius 1 is 1.12 bits per heavy atom. The van der Waals surface area contributed by atoms with Gasteiger partial charge in [-0.05, 0) is 26.3 Å². The van der Waals surface area contributed by atoms with Gasteiger partial charge in [0.25, 0.3) is 0 Å². The van der Waals surface area contributed by atoms with Gasteiger partial charge < -0.3 is 18.9 Å². The predicted molar refractivity (Wildman–Crippen MR) is 84.9 cm³/mol. The Morgan fingerprint density at radius 2 is 1.75 bits per heavy atom. The third kappa shape index (κ3) is 3.85. The van der Waals surface area contributed by atoms with Crippen molar-refractivity contribution in [1.82, 2.24) is 4.90 Å². The lowest BCUT2D eigenvalue weighted by atomic mass is 10.0. The third-order valence-corrected chi connectivity index (χ3v) is 3.46.